The molecule has 2 heterocycles. The minimum atomic E-state index is -0.312. The highest BCUT2D eigenvalue weighted by atomic mass is 19.1. The zero-order chi connectivity index (χ0) is 18.6. The van der Waals surface area contributed by atoms with Crippen LogP contribution in [0.15, 0.2) is 77.9 Å². The van der Waals surface area contributed by atoms with Crippen molar-refractivity contribution in [3.63, 3.8) is 0 Å². The number of nitrogens with one attached hydrogen (secondary N) is 1. The maximum absolute atomic E-state index is 13.4. The molecule has 134 valence electrons. The number of pyridine rings is 1. The van der Waals surface area contributed by atoms with E-state index in [0.717, 1.165) is 11.1 Å². The number of rotatable bonds is 5. The normalized spacial score (nSPS) is 10.9. The SMILES string of the molecule is O=c1c(NCc2cccc(F)c2)nc2ccncc2n1Cc1ccccc1. The zero-order valence-corrected chi connectivity index (χ0v) is 14.5. The molecule has 4 aromatic rings. The summed E-state index contributed by atoms with van der Waals surface area (Å²) in [4.78, 5) is 21.6. The summed E-state index contributed by atoms with van der Waals surface area (Å²) in [6.07, 6.45) is 3.28. The average molecular weight is 360 g/mol. The Balaban J connectivity index is 1.73. The van der Waals surface area contributed by atoms with Crippen LogP contribution in [0.1, 0.15) is 11.1 Å². The minimum Gasteiger partial charge on any atom is -0.361 e. The summed E-state index contributed by atoms with van der Waals surface area (Å²) in [5, 5.41) is 3.04. The van der Waals surface area contributed by atoms with Crippen molar-refractivity contribution in [1.29, 1.82) is 0 Å². The number of benzene rings is 2. The van der Waals surface area contributed by atoms with E-state index < -0.39 is 0 Å². The number of halogens is 1. The van der Waals surface area contributed by atoms with E-state index in [2.05, 4.69) is 15.3 Å². The van der Waals surface area contributed by atoms with Crippen molar-refractivity contribution in [2.45, 2.75) is 13.1 Å². The molecule has 0 saturated heterocycles. The Labute approximate surface area is 155 Å². The van der Waals surface area contributed by atoms with Crippen LogP contribution in [0.3, 0.4) is 0 Å². The van der Waals surface area contributed by atoms with Crippen molar-refractivity contribution in [3.8, 4) is 0 Å². The number of anilines is 1. The van der Waals surface area contributed by atoms with E-state index in [0.29, 0.717) is 24.1 Å². The van der Waals surface area contributed by atoms with Gasteiger partial charge in [0.25, 0.3) is 5.56 Å². The smallest absolute Gasteiger partial charge is 0.294 e. The van der Waals surface area contributed by atoms with Crippen molar-refractivity contribution in [2.24, 2.45) is 0 Å². The van der Waals surface area contributed by atoms with Crippen LogP contribution >= 0.6 is 0 Å². The Morgan fingerprint density at radius 1 is 1.00 bits per heavy atom. The fraction of sp³-hybridized carbons (Fsp3) is 0.0952. The summed E-state index contributed by atoms with van der Waals surface area (Å²) in [5.74, 6) is -0.0813. The minimum absolute atomic E-state index is 0.230. The third-order valence-electron chi connectivity index (χ3n) is 4.28. The first kappa shape index (κ1) is 16.9. The molecule has 2 aromatic carbocycles. The summed E-state index contributed by atoms with van der Waals surface area (Å²) in [6.45, 7) is 0.723. The maximum Gasteiger partial charge on any atom is 0.294 e. The van der Waals surface area contributed by atoms with Crippen LogP contribution in [0.25, 0.3) is 11.0 Å². The lowest BCUT2D eigenvalue weighted by Gasteiger charge is -2.13. The average Bonchev–Trinajstić information content (AvgIpc) is 2.70. The fourth-order valence-electron chi connectivity index (χ4n) is 2.96. The summed E-state index contributed by atoms with van der Waals surface area (Å²) in [5.41, 5.74) is 2.84. The van der Waals surface area contributed by atoms with Crippen LogP contribution in [0.4, 0.5) is 10.2 Å². The molecule has 0 aliphatic heterocycles. The van der Waals surface area contributed by atoms with Gasteiger partial charge in [0.1, 0.15) is 5.82 Å². The lowest BCUT2D eigenvalue weighted by atomic mass is 10.2. The van der Waals surface area contributed by atoms with Crippen LogP contribution in [0.5, 0.6) is 0 Å². The predicted octanol–water partition coefficient (Wildman–Crippen LogP) is 3.59. The third-order valence-corrected chi connectivity index (χ3v) is 4.28. The molecule has 0 radical (unpaired) electrons. The van der Waals surface area contributed by atoms with E-state index in [-0.39, 0.29) is 17.2 Å². The molecular formula is C21H17FN4O. The molecule has 0 atom stereocenters. The molecule has 6 heteroatoms. The van der Waals surface area contributed by atoms with Crippen molar-refractivity contribution in [3.05, 3.63) is 100 Å². The quantitative estimate of drug-likeness (QED) is 0.591. The predicted molar refractivity (Wildman–Crippen MR) is 103 cm³/mol. The first-order chi connectivity index (χ1) is 13.2. The second kappa shape index (κ2) is 7.37. The molecule has 0 spiro atoms. The molecule has 27 heavy (non-hydrogen) atoms. The van der Waals surface area contributed by atoms with E-state index in [1.165, 1.54) is 12.1 Å². The van der Waals surface area contributed by atoms with Gasteiger partial charge < -0.3 is 5.32 Å². The second-order valence-corrected chi connectivity index (χ2v) is 6.19. The highest BCUT2D eigenvalue weighted by Crippen LogP contribution is 2.13. The van der Waals surface area contributed by atoms with Gasteiger partial charge in [-0.05, 0) is 29.3 Å². The molecule has 0 fully saturated rings. The summed E-state index contributed by atoms with van der Waals surface area (Å²) in [6, 6.07) is 17.8. The molecule has 0 aliphatic rings. The molecule has 0 amide bonds. The van der Waals surface area contributed by atoms with Gasteiger partial charge in [0.15, 0.2) is 5.82 Å². The molecule has 0 bridgehead atoms. The van der Waals surface area contributed by atoms with Crippen LogP contribution < -0.4 is 10.9 Å². The Bertz CT molecular complexity index is 1140. The molecule has 0 aliphatic carbocycles. The summed E-state index contributed by atoms with van der Waals surface area (Å²) in [7, 11) is 0. The van der Waals surface area contributed by atoms with E-state index in [9.17, 15) is 9.18 Å². The van der Waals surface area contributed by atoms with Gasteiger partial charge in [0.05, 0.1) is 23.8 Å². The maximum atomic E-state index is 13.4. The van der Waals surface area contributed by atoms with Gasteiger partial charge in [-0.25, -0.2) is 9.37 Å². The second-order valence-electron chi connectivity index (χ2n) is 6.19. The van der Waals surface area contributed by atoms with Gasteiger partial charge in [-0.1, -0.05) is 42.5 Å². The van der Waals surface area contributed by atoms with Gasteiger partial charge >= 0.3 is 0 Å². The standard InChI is InChI=1S/C21H17FN4O/c22-17-8-4-7-16(11-17)12-24-20-21(27)26(14-15-5-2-1-3-6-15)19-13-23-10-9-18(19)25-20/h1-11,13H,12,14H2,(H,24,25). The molecule has 4 rings (SSSR count). The van der Waals surface area contributed by atoms with Gasteiger partial charge in [-0.15, -0.1) is 0 Å². The summed E-state index contributed by atoms with van der Waals surface area (Å²) >= 11 is 0. The first-order valence-electron chi connectivity index (χ1n) is 8.57. The lowest BCUT2D eigenvalue weighted by Crippen LogP contribution is -2.26. The fourth-order valence-corrected chi connectivity index (χ4v) is 2.96. The van der Waals surface area contributed by atoms with Crippen molar-refractivity contribution < 1.29 is 4.39 Å². The Hall–Kier alpha value is -3.54. The molecule has 0 saturated carbocycles. The van der Waals surface area contributed by atoms with E-state index in [1.54, 1.807) is 35.2 Å². The molecule has 2 aromatic heterocycles. The van der Waals surface area contributed by atoms with E-state index >= 15 is 0 Å². The van der Waals surface area contributed by atoms with Crippen molar-refractivity contribution in [1.82, 2.24) is 14.5 Å². The molecule has 1 N–H and O–H groups in total. The monoisotopic (exact) mass is 360 g/mol. The van der Waals surface area contributed by atoms with Crippen LogP contribution in [-0.2, 0) is 13.1 Å². The van der Waals surface area contributed by atoms with Gasteiger partial charge in [0.2, 0.25) is 0 Å². The zero-order valence-electron chi connectivity index (χ0n) is 14.5. The number of hydrogen-bond acceptors (Lipinski definition) is 4. The van der Waals surface area contributed by atoms with Gasteiger partial charge in [-0.2, -0.15) is 0 Å². The number of nitrogens with zero attached hydrogens (tertiary/aromatic N) is 3. The third kappa shape index (κ3) is 3.69. The van der Waals surface area contributed by atoms with Crippen molar-refractivity contribution >= 4 is 16.9 Å². The largest absolute Gasteiger partial charge is 0.361 e. The van der Waals surface area contributed by atoms with E-state index in [4.69, 9.17) is 0 Å². The Morgan fingerprint density at radius 3 is 2.63 bits per heavy atom. The van der Waals surface area contributed by atoms with Crippen molar-refractivity contribution in [2.75, 3.05) is 5.32 Å². The molecule has 0 unspecified atom stereocenters. The number of fused-ring (bicyclic) bond motifs is 1. The van der Waals surface area contributed by atoms with Crippen LogP contribution in [0, 0.1) is 5.82 Å². The summed E-state index contributed by atoms with van der Waals surface area (Å²) < 4.78 is 15.0. The van der Waals surface area contributed by atoms with Gasteiger partial charge in [-0.3, -0.25) is 14.3 Å². The first-order valence-corrected chi connectivity index (χ1v) is 8.57. The van der Waals surface area contributed by atoms with E-state index in [1.807, 2.05) is 30.3 Å². The highest BCUT2D eigenvalue weighted by Gasteiger charge is 2.11. The number of hydrogen-bond donors (Lipinski definition) is 1. The molecule has 5 nitrogen and oxygen atoms in total. The topological polar surface area (TPSA) is 59.8 Å². The van der Waals surface area contributed by atoms with Crippen LogP contribution in [-0.4, -0.2) is 14.5 Å². The lowest BCUT2D eigenvalue weighted by molar-refractivity contribution is 0.626. The Kier molecular flexibility index (Phi) is 4.61. The van der Waals surface area contributed by atoms with Gasteiger partial charge in [0, 0.05) is 12.7 Å². The molecular weight excluding hydrogens is 343 g/mol. The van der Waals surface area contributed by atoms with Crippen LogP contribution in [0.2, 0.25) is 0 Å². The Morgan fingerprint density at radius 2 is 1.81 bits per heavy atom. The highest BCUT2D eigenvalue weighted by molar-refractivity contribution is 5.75. The number of aromatic nitrogens is 3.